The monoisotopic (exact) mass is 212 g/mol. The minimum Gasteiger partial charge on any atom is -0.305 e. The van der Waals surface area contributed by atoms with Crippen LogP contribution in [-0.2, 0) is 6.54 Å². The molecule has 0 aliphatic rings. The van der Waals surface area contributed by atoms with E-state index in [2.05, 4.69) is 4.98 Å². The van der Waals surface area contributed by atoms with Crippen LogP contribution in [0.2, 0.25) is 0 Å². The maximum Gasteiger partial charge on any atom is 0.326 e. The molecule has 0 saturated carbocycles. The molecule has 5 nitrogen and oxygen atoms in total. The summed E-state index contributed by atoms with van der Waals surface area (Å²) in [6, 6.07) is 6.97. The quantitative estimate of drug-likeness (QED) is 0.767. The number of benzene rings is 1. The molecule has 0 radical (unpaired) electrons. The van der Waals surface area contributed by atoms with Crippen LogP contribution in [0, 0.1) is 22.7 Å². The molecule has 0 amide bonds. The topological polar surface area (TPSA) is 85.4 Å². The molecule has 1 heterocycles. The predicted octanol–water partition coefficient (Wildman–Crippen LogP) is 1.09. The van der Waals surface area contributed by atoms with Crippen molar-refractivity contribution in [2.24, 2.45) is 0 Å². The summed E-state index contributed by atoms with van der Waals surface area (Å²) in [5.74, 6) is 0. The van der Waals surface area contributed by atoms with Gasteiger partial charge >= 0.3 is 5.69 Å². The second-order valence-electron chi connectivity index (χ2n) is 3.31. The Morgan fingerprint density at radius 1 is 1.31 bits per heavy atom. The first-order valence-corrected chi connectivity index (χ1v) is 4.78. The van der Waals surface area contributed by atoms with E-state index >= 15 is 0 Å². The molecule has 1 aromatic carbocycles. The first kappa shape index (κ1) is 10.0. The van der Waals surface area contributed by atoms with E-state index in [9.17, 15) is 4.79 Å². The number of H-pyrrole nitrogens is 1. The van der Waals surface area contributed by atoms with Gasteiger partial charge in [0.2, 0.25) is 0 Å². The lowest BCUT2D eigenvalue weighted by Crippen LogP contribution is -2.14. The Morgan fingerprint density at radius 3 is 2.50 bits per heavy atom. The molecule has 16 heavy (non-hydrogen) atoms. The highest BCUT2D eigenvalue weighted by Gasteiger charge is 2.09. The van der Waals surface area contributed by atoms with Crippen molar-refractivity contribution in [1.82, 2.24) is 9.55 Å². The van der Waals surface area contributed by atoms with Gasteiger partial charge in [-0.15, -0.1) is 0 Å². The SMILES string of the molecule is CCn1c(=O)[nH]c2cc(C#N)c(C#N)cc21. The lowest BCUT2D eigenvalue weighted by Gasteiger charge is -1.99. The smallest absolute Gasteiger partial charge is 0.305 e. The molecule has 0 bridgehead atoms. The summed E-state index contributed by atoms with van der Waals surface area (Å²) in [6.45, 7) is 2.37. The van der Waals surface area contributed by atoms with Crippen molar-refractivity contribution in [3.63, 3.8) is 0 Å². The molecule has 0 aliphatic heterocycles. The second-order valence-corrected chi connectivity index (χ2v) is 3.31. The third-order valence-corrected chi connectivity index (χ3v) is 2.47. The number of nitriles is 2. The molecule has 78 valence electrons. The molecule has 1 aromatic heterocycles. The Hall–Kier alpha value is -2.53. The zero-order chi connectivity index (χ0) is 11.7. The van der Waals surface area contributed by atoms with Crippen molar-refractivity contribution in [2.45, 2.75) is 13.5 Å². The molecule has 1 N–H and O–H groups in total. The van der Waals surface area contributed by atoms with Crippen molar-refractivity contribution >= 4 is 11.0 Å². The number of aryl methyl sites for hydroxylation is 1. The molecule has 0 fully saturated rings. The predicted molar refractivity (Wildman–Crippen MR) is 57.7 cm³/mol. The van der Waals surface area contributed by atoms with Crippen LogP contribution < -0.4 is 5.69 Å². The summed E-state index contributed by atoms with van der Waals surface area (Å²) >= 11 is 0. The number of hydrogen-bond acceptors (Lipinski definition) is 3. The van der Waals surface area contributed by atoms with Gasteiger partial charge in [-0.25, -0.2) is 4.79 Å². The zero-order valence-electron chi connectivity index (χ0n) is 8.61. The Bertz CT molecular complexity index is 694. The van der Waals surface area contributed by atoms with Gasteiger partial charge in [0, 0.05) is 6.54 Å². The first-order chi connectivity index (χ1) is 7.71. The fourth-order valence-corrected chi connectivity index (χ4v) is 1.70. The van der Waals surface area contributed by atoms with Gasteiger partial charge < -0.3 is 4.98 Å². The van der Waals surface area contributed by atoms with Crippen LogP contribution in [0.25, 0.3) is 11.0 Å². The maximum atomic E-state index is 11.5. The summed E-state index contributed by atoms with van der Waals surface area (Å²) in [4.78, 5) is 14.2. The average molecular weight is 212 g/mol. The molecule has 2 aromatic rings. The van der Waals surface area contributed by atoms with Crippen LogP contribution >= 0.6 is 0 Å². The number of hydrogen-bond donors (Lipinski definition) is 1. The van der Waals surface area contributed by atoms with Gasteiger partial charge in [-0.05, 0) is 19.1 Å². The number of aromatic nitrogens is 2. The van der Waals surface area contributed by atoms with Crippen LogP contribution in [0.5, 0.6) is 0 Å². The average Bonchev–Trinajstić information content (AvgIpc) is 2.61. The Balaban J connectivity index is 2.92. The normalized spacial score (nSPS) is 9.94. The largest absolute Gasteiger partial charge is 0.326 e. The standard InChI is InChI=1S/C11H8N4O/c1-2-15-10-4-8(6-13)7(5-12)3-9(10)14-11(15)16/h3-4H,2H2,1H3,(H,14,16). The van der Waals surface area contributed by atoms with E-state index in [0.29, 0.717) is 17.6 Å². The third kappa shape index (κ3) is 1.27. The van der Waals surface area contributed by atoms with Gasteiger partial charge in [0.15, 0.2) is 0 Å². The van der Waals surface area contributed by atoms with E-state index < -0.39 is 0 Å². The van der Waals surface area contributed by atoms with Gasteiger partial charge in [-0.3, -0.25) is 4.57 Å². The lowest BCUT2D eigenvalue weighted by molar-refractivity contribution is 0.753. The van der Waals surface area contributed by atoms with Crippen LogP contribution in [0.15, 0.2) is 16.9 Å². The third-order valence-electron chi connectivity index (χ3n) is 2.47. The molecule has 0 aliphatic carbocycles. The molecule has 0 saturated heterocycles. The van der Waals surface area contributed by atoms with Gasteiger partial charge in [0.1, 0.15) is 12.1 Å². The molecule has 0 atom stereocenters. The molecule has 0 spiro atoms. The zero-order valence-corrected chi connectivity index (χ0v) is 8.61. The highest BCUT2D eigenvalue weighted by molar-refractivity contribution is 5.79. The van der Waals surface area contributed by atoms with Crippen LogP contribution in [0.3, 0.4) is 0 Å². The van der Waals surface area contributed by atoms with E-state index in [1.807, 2.05) is 19.1 Å². The number of nitrogens with zero attached hydrogens (tertiary/aromatic N) is 3. The van der Waals surface area contributed by atoms with Gasteiger partial charge in [-0.1, -0.05) is 0 Å². The maximum absolute atomic E-state index is 11.5. The van der Waals surface area contributed by atoms with Crippen molar-refractivity contribution in [2.75, 3.05) is 0 Å². The minimum absolute atomic E-state index is 0.225. The number of rotatable bonds is 1. The lowest BCUT2D eigenvalue weighted by atomic mass is 10.1. The summed E-state index contributed by atoms with van der Waals surface area (Å²) in [6.07, 6.45) is 0. The van der Waals surface area contributed by atoms with Crippen LogP contribution in [-0.4, -0.2) is 9.55 Å². The van der Waals surface area contributed by atoms with Crippen molar-refractivity contribution < 1.29 is 0 Å². The number of imidazole rings is 1. The number of aromatic amines is 1. The van der Waals surface area contributed by atoms with E-state index in [1.165, 1.54) is 10.6 Å². The number of nitrogens with one attached hydrogen (secondary N) is 1. The summed E-state index contributed by atoms with van der Waals surface area (Å²) in [7, 11) is 0. The molecule has 2 rings (SSSR count). The fraction of sp³-hybridized carbons (Fsp3) is 0.182. The second kappa shape index (κ2) is 3.56. The van der Waals surface area contributed by atoms with E-state index in [4.69, 9.17) is 10.5 Å². The van der Waals surface area contributed by atoms with Crippen molar-refractivity contribution in [1.29, 1.82) is 10.5 Å². The molecule has 5 heteroatoms. The van der Waals surface area contributed by atoms with E-state index in [0.717, 1.165) is 0 Å². The minimum atomic E-state index is -0.225. The molecule has 0 unspecified atom stereocenters. The highest BCUT2D eigenvalue weighted by atomic mass is 16.1. The first-order valence-electron chi connectivity index (χ1n) is 4.78. The Labute approximate surface area is 91.2 Å². The van der Waals surface area contributed by atoms with Crippen LogP contribution in [0.1, 0.15) is 18.1 Å². The summed E-state index contributed by atoms with van der Waals surface area (Å²) < 4.78 is 1.53. The van der Waals surface area contributed by atoms with Gasteiger partial charge in [-0.2, -0.15) is 10.5 Å². The van der Waals surface area contributed by atoms with Crippen molar-refractivity contribution in [3.05, 3.63) is 33.7 Å². The Morgan fingerprint density at radius 2 is 1.94 bits per heavy atom. The van der Waals surface area contributed by atoms with E-state index in [-0.39, 0.29) is 16.8 Å². The Kier molecular flexibility index (Phi) is 2.23. The number of fused-ring (bicyclic) bond motifs is 1. The summed E-state index contributed by atoms with van der Waals surface area (Å²) in [5, 5.41) is 17.7. The molecular weight excluding hydrogens is 204 g/mol. The fourth-order valence-electron chi connectivity index (χ4n) is 1.70. The van der Waals surface area contributed by atoms with Crippen molar-refractivity contribution in [3.8, 4) is 12.1 Å². The summed E-state index contributed by atoms with van der Waals surface area (Å²) in [5.41, 5.74) is 1.58. The highest BCUT2D eigenvalue weighted by Crippen LogP contribution is 2.16. The van der Waals surface area contributed by atoms with Crippen LogP contribution in [0.4, 0.5) is 0 Å². The molecular formula is C11H8N4O. The van der Waals surface area contributed by atoms with E-state index in [1.54, 1.807) is 6.07 Å². The van der Waals surface area contributed by atoms with Gasteiger partial charge in [0.25, 0.3) is 0 Å². The van der Waals surface area contributed by atoms with Gasteiger partial charge in [0.05, 0.1) is 22.2 Å².